The number of nitrogens with one attached hydrogen (secondary N) is 1. The molecule has 120 valence electrons. The summed E-state index contributed by atoms with van der Waals surface area (Å²) in [5.41, 5.74) is -1.36. The molecule has 0 heterocycles. The topological polar surface area (TPSA) is 84.9 Å². The predicted octanol–water partition coefficient (Wildman–Crippen LogP) is 0.900. The minimum absolute atomic E-state index is 0.0113. The molecular formula is C13H20FNO5S. The summed E-state index contributed by atoms with van der Waals surface area (Å²) >= 11 is 0. The molecule has 0 bridgehead atoms. The van der Waals surface area contributed by atoms with Crippen LogP contribution in [0.2, 0.25) is 0 Å². The quantitative estimate of drug-likeness (QED) is 0.743. The van der Waals surface area contributed by atoms with Gasteiger partial charge in [0.25, 0.3) is 0 Å². The van der Waals surface area contributed by atoms with Crippen molar-refractivity contribution in [3.05, 3.63) is 24.0 Å². The van der Waals surface area contributed by atoms with Crippen LogP contribution in [-0.4, -0.2) is 46.0 Å². The van der Waals surface area contributed by atoms with Gasteiger partial charge in [-0.2, -0.15) is 0 Å². The number of halogens is 1. The van der Waals surface area contributed by atoms with Gasteiger partial charge in [-0.3, -0.25) is 0 Å². The van der Waals surface area contributed by atoms with Gasteiger partial charge in [0.2, 0.25) is 10.0 Å². The molecule has 6 nitrogen and oxygen atoms in total. The van der Waals surface area contributed by atoms with Crippen LogP contribution in [0.3, 0.4) is 0 Å². The molecule has 0 aliphatic heterocycles. The normalized spacial score (nSPS) is 14.7. The molecule has 0 saturated heterocycles. The molecule has 0 amide bonds. The second kappa shape index (κ2) is 7.17. The molecule has 1 atom stereocenters. The average molecular weight is 321 g/mol. The third-order valence-corrected chi connectivity index (χ3v) is 4.01. The maximum absolute atomic E-state index is 13.7. The second-order valence-electron chi connectivity index (χ2n) is 4.78. The maximum atomic E-state index is 13.7. The molecule has 0 unspecified atom stereocenters. The Labute approximate surface area is 123 Å². The molecule has 0 spiro atoms. The zero-order valence-corrected chi connectivity index (χ0v) is 13.0. The summed E-state index contributed by atoms with van der Waals surface area (Å²) in [5, 5.41) is 9.85. The van der Waals surface area contributed by atoms with Crippen LogP contribution in [0.1, 0.15) is 13.8 Å². The Morgan fingerprint density at radius 1 is 1.43 bits per heavy atom. The summed E-state index contributed by atoms with van der Waals surface area (Å²) < 4.78 is 49.7. The molecule has 0 aromatic heterocycles. The zero-order chi connectivity index (χ0) is 16.1. The molecule has 21 heavy (non-hydrogen) atoms. The lowest BCUT2D eigenvalue weighted by Crippen LogP contribution is -2.43. The van der Waals surface area contributed by atoms with Gasteiger partial charge in [-0.25, -0.2) is 17.5 Å². The van der Waals surface area contributed by atoms with Crippen LogP contribution in [0.25, 0.3) is 0 Å². The molecule has 0 aliphatic carbocycles. The van der Waals surface area contributed by atoms with Crippen molar-refractivity contribution in [3.63, 3.8) is 0 Å². The van der Waals surface area contributed by atoms with Crippen molar-refractivity contribution < 1.29 is 27.4 Å². The van der Waals surface area contributed by atoms with Gasteiger partial charge in [0.1, 0.15) is 0 Å². The number of methoxy groups -OCH3 is 1. The smallest absolute Gasteiger partial charge is 0.240 e. The van der Waals surface area contributed by atoms with Crippen molar-refractivity contribution >= 4 is 10.0 Å². The van der Waals surface area contributed by atoms with E-state index >= 15 is 0 Å². The number of rotatable bonds is 8. The van der Waals surface area contributed by atoms with E-state index in [-0.39, 0.29) is 30.4 Å². The molecule has 1 aromatic rings. The van der Waals surface area contributed by atoms with Gasteiger partial charge < -0.3 is 14.6 Å². The SMILES string of the molecule is CCOc1ccc(S(=O)(=O)NC[C@](C)(O)COC)cc1F. The Balaban J connectivity index is 2.86. The van der Waals surface area contributed by atoms with Crippen molar-refractivity contribution in [2.75, 3.05) is 26.9 Å². The Morgan fingerprint density at radius 3 is 2.62 bits per heavy atom. The largest absolute Gasteiger partial charge is 0.491 e. The summed E-state index contributed by atoms with van der Waals surface area (Å²) in [6.07, 6.45) is 0. The van der Waals surface area contributed by atoms with Crippen LogP contribution in [-0.2, 0) is 14.8 Å². The third kappa shape index (κ3) is 5.24. The number of benzene rings is 1. The van der Waals surface area contributed by atoms with Gasteiger partial charge in [-0.05, 0) is 32.0 Å². The van der Waals surface area contributed by atoms with Gasteiger partial charge in [0.15, 0.2) is 11.6 Å². The molecule has 2 N–H and O–H groups in total. The highest BCUT2D eigenvalue weighted by Gasteiger charge is 2.24. The molecule has 1 aromatic carbocycles. The van der Waals surface area contributed by atoms with E-state index in [0.29, 0.717) is 0 Å². The first-order valence-corrected chi connectivity index (χ1v) is 7.83. The van der Waals surface area contributed by atoms with Crippen molar-refractivity contribution in [2.24, 2.45) is 0 Å². The lowest BCUT2D eigenvalue weighted by atomic mass is 10.1. The molecule has 0 fully saturated rings. The number of hydrogen-bond acceptors (Lipinski definition) is 5. The average Bonchev–Trinajstić information content (AvgIpc) is 2.39. The monoisotopic (exact) mass is 321 g/mol. The van der Waals surface area contributed by atoms with Crippen LogP contribution in [0, 0.1) is 5.82 Å². The zero-order valence-electron chi connectivity index (χ0n) is 12.2. The summed E-state index contributed by atoms with van der Waals surface area (Å²) in [4.78, 5) is -0.239. The van der Waals surface area contributed by atoms with Gasteiger partial charge in [-0.1, -0.05) is 0 Å². The first-order chi connectivity index (χ1) is 9.72. The van der Waals surface area contributed by atoms with Gasteiger partial charge >= 0.3 is 0 Å². The Hall–Kier alpha value is -1.22. The highest BCUT2D eigenvalue weighted by atomic mass is 32.2. The molecule has 0 radical (unpaired) electrons. The summed E-state index contributed by atoms with van der Waals surface area (Å²) in [6, 6.07) is 3.36. The molecule has 1 rings (SSSR count). The van der Waals surface area contributed by atoms with Crippen LogP contribution in [0.15, 0.2) is 23.1 Å². The maximum Gasteiger partial charge on any atom is 0.240 e. The summed E-state index contributed by atoms with van der Waals surface area (Å²) in [5.74, 6) is -0.772. The first-order valence-electron chi connectivity index (χ1n) is 6.35. The van der Waals surface area contributed by atoms with E-state index in [4.69, 9.17) is 9.47 Å². The van der Waals surface area contributed by atoms with Crippen molar-refractivity contribution in [3.8, 4) is 5.75 Å². The van der Waals surface area contributed by atoms with Gasteiger partial charge in [0, 0.05) is 13.7 Å². The highest BCUT2D eigenvalue weighted by molar-refractivity contribution is 7.89. The van der Waals surface area contributed by atoms with Gasteiger partial charge in [-0.15, -0.1) is 0 Å². The van der Waals surface area contributed by atoms with E-state index in [1.54, 1.807) is 6.92 Å². The number of sulfonamides is 1. The van der Waals surface area contributed by atoms with E-state index in [1.165, 1.54) is 26.2 Å². The van der Waals surface area contributed by atoms with Crippen LogP contribution >= 0.6 is 0 Å². The van der Waals surface area contributed by atoms with E-state index < -0.39 is 21.4 Å². The number of hydrogen-bond donors (Lipinski definition) is 2. The third-order valence-electron chi connectivity index (χ3n) is 2.61. The van der Waals surface area contributed by atoms with Crippen molar-refractivity contribution in [2.45, 2.75) is 24.3 Å². The molecule has 0 aliphatic rings. The minimum Gasteiger partial charge on any atom is -0.491 e. The minimum atomic E-state index is -3.93. The fourth-order valence-electron chi connectivity index (χ4n) is 1.62. The van der Waals surface area contributed by atoms with Crippen LogP contribution in [0.4, 0.5) is 4.39 Å². The van der Waals surface area contributed by atoms with E-state index in [9.17, 15) is 17.9 Å². The van der Waals surface area contributed by atoms with Crippen molar-refractivity contribution in [1.29, 1.82) is 0 Å². The Bertz CT molecular complexity index is 574. The fourth-order valence-corrected chi connectivity index (χ4v) is 2.79. The van der Waals surface area contributed by atoms with E-state index in [1.807, 2.05) is 0 Å². The Kier molecular flexibility index (Phi) is 6.09. The lowest BCUT2D eigenvalue weighted by Gasteiger charge is -2.22. The lowest BCUT2D eigenvalue weighted by molar-refractivity contribution is -0.0119. The predicted molar refractivity (Wildman–Crippen MR) is 75.3 cm³/mol. The van der Waals surface area contributed by atoms with Crippen LogP contribution in [0.5, 0.6) is 5.75 Å². The van der Waals surface area contributed by atoms with Gasteiger partial charge in [0.05, 0.1) is 23.7 Å². The first kappa shape index (κ1) is 17.8. The molecule has 0 saturated carbocycles. The second-order valence-corrected chi connectivity index (χ2v) is 6.55. The molecule has 8 heteroatoms. The van der Waals surface area contributed by atoms with E-state index in [0.717, 1.165) is 6.07 Å². The van der Waals surface area contributed by atoms with E-state index in [2.05, 4.69) is 4.72 Å². The standard InChI is InChI=1S/C13H20FNO5S/c1-4-20-12-6-5-10(7-11(12)14)21(17,18)15-8-13(2,16)9-19-3/h5-7,15-16H,4,8-9H2,1-3H3/t13-/m0/s1. The molecular weight excluding hydrogens is 301 g/mol. The van der Waals surface area contributed by atoms with Crippen molar-refractivity contribution in [1.82, 2.24) is 4.72 Å². The number of aliphatic hydroxyl groups is 1. The summed E-state index contributed by atoms with van der Waals surface area (Å²) in [7, 11) is -2.53. The summed E-state index contributed by atoms with van der Waals surface area (Å²) in [6.45, 7) is 3.12. The Morgan fingerprint density at radius 2 is 2.10 bits per heavy atom. The highest BCUT2D eigenvalue weighted by Crippen LogP contribution is 2.21. The number of ether oxygens (including phenoxy) is 2. The van der Waals surface area contributed by atoms with Crippen LogP contribution < -0.4 is 9.46 Å². The fraction of sp³-hybridized carbons (Fsp3) is 0.538.